The Hall–Kier alpha value is -3.52. The third-order valence-corrected chi connectivity index (χ3v) is 7.22. The van der Waals surface area contributed by atoms with Gasteiger partial charge in [0.25, 0.3) is 0 Å². The number of amides is 2. The first-order chi connectivity index (χ1) is 17.2. The van der Waals surface area contributed by atoms with Crippen LogP contribution in [0.1, 0.15) is 55.6 Å². The highest BCUT2D eigenvalue weighted by Crippen LogP contribution is 2.51. The van der Waals surface area contributed by atoms with Gasteiger partial charge in [-0.1, -0.05) is 37.6 Å². The second-order valence-electron chi connectivity index (χ2n) is 9.67. The summed E-state index contributed by atoms with van der Waals surface area (Å²) in [5.74, 6) is -3.24. The van der Waals surface area contributed by atoms with Crippen LogP contribution in [-0.2, 0) is 19.1 Å². The number of fused-ring (bicyclic) bond motifs is 1. The van der Waals surface area contributed by atoms with Gasteiger partial charge in [-0.3, -0.25) is 24.5 Å². The largest absolute Gasteiger partial charge is 0.465 e. The number of hydrogen-bond acceptors (Lipinski definition) is 7. The van der Waals surface area contributed by atoms with Gasteiger partial charge < -0.3 is 9.64 Å². The van der Waals surface area contributed by atoms with E-state index in [0.717, 1.165) is 16.2 Å². The molecule has 0 radical (unpaired) electrons. The van der Waals surface area contributed by atoms with Crippen LogP contribution in [0.15, 0.2) is 48.5 Å². The molecule has 2 aliphatic heterocycles. The number of anilines is 2. The van der Waals surface area contributed by atoms with E-state index in [1.54, 1.807) is 31.2 Å². The van der Waals surface area contributed by atoms with Crippen LogP contribution in [0.25, 0.3) is 0 Å². The molecule has 2 aromatic carbocycles. The van der Waals surface area contributed by atoms with Crippen LogP contribution in [0.5, 0.6) is 0 Å². The summed E-state index contributed by atoms with van der Waals surface area (Å²) in [5, 5.41) is 3.41. The number of esters is 1. The second-order valence-corrected chi connectivity index (χ2v) is 9.67. The zero-order valence-corrected chi connectivity index (χ0v) is 21.4. The van der Waals surface area contributed by atoms with Gasteiger partial charge in [0.1, 0.15) is 5.54 Å². The van der Waals surface area contributed by atoms with Crippen molar-refractivity contribution < 1.29 is 23.9 Å². The molecule has 1 N–H and O–H groups in total. The highest BCUT2D eigenvalue weighted by atomic mass is 16.5. The van der Waals surface area contributed by atoms with Crippen LogP contribution in [-0.4, -0.2) is 49.8 Å². The monoisotopic (exact) mass is 491 g/mol. The third-order valence-electron chi connectivity index (χ3n) is 7.22. The van der Waals surface area contributed by atoms with Crippen molar-refractivity contribution in [1.29, 1.82) is 0 Å². The fourth-order valence-corrected chi connectivity index (χ4v) is 5.56. The Morgan fingerprint density at radius 2 is 1.75 bits per heavy atom. The van der Waals surface area contributed by atoms with Crippen molar-refractivity contribution in [3.63, 3.8) is 0 Å². The molecule has 36 heavy (non-hydrogen) atoms. The lowest BCUT2D eigenvalue weighted by Gasteiger charge is -2.32. The smallest absolute Gasteiger partial charge is 0.327 e. The SMILES string of the molecule is CCC[C@]1(C(=O)OCC)N[C@H](c2ccc(N(C)C)cc2)[C@@H]2C(=O)N(c3cccc(C(C)=O)c3)C(=O)[C@@H]21. The molecule has 8 heteroatoms. The summed E-state index contributed by atoms with van der Waals surface area (Å²) < 4.78 is 5.47. The number of imide groups is 1. The molecular formula is C28H33N3O5. The number of nitrogens with one attached hydrogen (secondary N) is 1. The fourth-order valence-electron chi connectivity index (χ4n) is 5.56. The van der Waals surface area contributed by atoms with E-state index in [9.17, 15) is 19.2 Å². The molecule has 190 valence electrons. The van der Waals surface area contributed by atoms with Gasteiger partial charge in [-0.25, -0.2) is 4.90 Å². The quantitative estimate of drug-likeness (QED) is 0.343. The molecule has 2 aliphatic rings. The van der Waals surface area contributed by atoms with Gasteiger partial charge in [0.2, 0.25) is 11.8 Å². The lowest BCUT2D eigenvalue weighted by atomic mass is 9.77. The summed E-state index contributed by atoms with van der Waals surface area (Å²) in [6.07, 6.45) is 0.961. The van der Waals surface area contributed by atoms with Crippen LogP contribution in [0.4, 0.5) is 11.4 Å². The Labute approximate surface area is 211 Å². The molecule has 2 heterocycles. The first-order valence-corrected chi connectivity index (χ1v) is 12.4. The summed E-state index contributed by atoms with van der Waals surface area (Å²) in [5.41, 5.74) is 1.22. The summed E-state index contributed by atoms with van der Waals surface area (Å²) in [6, 6.07) is 13.7. The topological polar surface area (TPSA) is 96.0 Å². The minimum atomic E-state index is -1.33. The zero-order valence-electron chi connectivity index (χ0n) is 21.4. The Morgan fingerprint density at radius 1 is 1.06 bits per heavy atom. The molecule has 8 nitrogen and oxygen atoms in total. The summed E-state index contributed by atoms with van der Waals surface area (Å²) in [4.78, 5) is 56.4. The van der Waals surface area contributed by atoms with E-state index in [2.05, 4.69) is 5.32 Å². The van der Waals surface area contributed by atoms with Gasteiger partial charge in [0, 0.05) is 31.4 Å². The molecule has 0 spiro atoms. The highest BCUT2D eigenvalue weighted by molar-refractivity contribution is 6.24. The first kappa shape index (κ1) is 25.6. The predicted molar refractivity (Wildman–Crippen MR) is 137 cm³/mol. The number of nitrogens with zero attached hydrogens (tertiary/aromatic N) is 2. The minimum absolute atomic E-state index is 0.163. The van der Waals surface area contributed by atoms with Gasteiger partial charge in [-0.2, -0.15) is 0 Å². The summed E-state index contributed by atoms with van der Waals surface area (Å²) >= 11 is 0. The number of ether oxygens (including phenoxy) is 1. The van der Waals surface area contributed by atoms with Crippen LogP contribution in [0.3, 0.4) is 0 Å². The molecule has 0 saturated carbocycles. The number of Topliss-reactive ketones (excluding diaryl/α,β-unsaturated/α-hetero) is 1. The maximum absolute atomic E-state index is 14.0. The maximum atomic E-state index is 14.0. The van der Waals surface area contributed by atoms with Crippen molar-refractivity contribution in [3.05, 3.63) is 59.7 Å². The molecule has 0 bridgehead atoms. The minimum Gasteiger partial charge on any atom is -0.465 e. The average molecular weight is 492 g/mol. The van der Waals surface area contributed by atoms with Gasteiger partial charge in [0.15, 0.2) is 5.78 Å². The van der Waals surface area contributed by atoms with E-state index in [4.69, 9.17) is 4.74 Å². The van der Waals surface area contributed by atoms with Crippen LogP contribution >= 0.6 is 0 Å². The molecular weight excluding hydrogens is 458 g/mol. The first-order valence-electron chi connectivity index (χ1n) is 12.4. The molecule has 0 aromatic heterocycles. The second kappa shape index (κ2) is 9.85. The Balaban J connectivity index is 1.84. The number of ketones is 1. The van der Waals surface area contributed by atoms with E-state index in [0.29, 0.717) is 24.1 Å². The maximum Gasteiger partial charge on any atom is 0.327 e. The number of carbonyl (C=O) groups is 4. The Bertz CT molecular complexity index is 1190. The molecule has 0 unspecified atom stereocenters. The van der Waals surface area contributed by atoms with Gasteiger partial charge in [0.05, 0.1) is 24.1 Å². The van der Waals surface area contributed by atoms with Crippen LogP contribution in [0, 0.1) is 11.8 Å². The summed E-state index contributed by atoms with van der Waals surface area (Å²) in [7, 11) is 3.89. The molecule has 2 fully saturated rings. The average Bonchev–Trinajstić information content (AvgIpc) is 3.33. The number of benzene rings is 2. The highest BCUT2D eigenvalue weighted by Gasteiger charge is 2.68. The molecule has 0 aliphatic carbocycles. The standard InChI is InChI=1S/C28H33N3O5/c1-6-15-28(27(35)36-7-2)23-22(24(29-28)18-11-13-20(14-12-18)30(4)5)25(33)31(26(23)34)21-10-8-9-19(16-21)17(3)32/h8-14,16,22-24,29H,6-7,15H2,1-5H3/t22-,23-,24-,28+/m1/s1. The van der Waals surface area contributed by atoms with E-state index in [-0.39, 0.29) is 18.3 Å². The lowest BCUT2D eigenvalue weighted by Crippen LogP contribution is -2.56. The van der Waals surface area contributed by atoms with Crippen molar-refractivity contribution in [2.75, 3.05) is 30.5 Å². The molecule has 2 aromatic rings. The van der Waals surface area contributed by atoms with Crippen molar-refractivity contribution in [2.45, 2.75) is 45.2 Å². The number of carbonyl (C=O) groups excluding carboxylic acids is 4. The van der Waals surface area contributed by atoms with Crippen molar-refractivity contribution in [2.24, 2.45) is 11.8 Å². The van der Waals surface area contributed by atoms with Gasteiger partial charge in [-0.05, 0) is 50.1 Å². The van der Waals surface area contributed by atoms with E-state index < -0.39 is 35.3 Å². The van der Waals surface area contributed by atoms with Gasteiger partial charge in [-0.15, -0.1) is 0 Å². The Morgan fingerprint density at radius 3 is 2.33 bits per heavy atom. The molecule has 2 saturated heterocycles. The normalized spacial score (nSPS) is 25.1. The fraction of sp³-hybridized carbons (Fsp3) is 0.429. The zero-order chi connectivity index (χ0) is 26.2. The third kappa shape index (κ3) is 4.09. The van der Waals surface area contributed by atoms with E-state index >= 15 is 0 Å². The van der Waals surface area contributed by atoms with Gasteiger partial charge >= 0.3 is 5.97 Å². The predicted octanol–water partition coefficient (Wildman–Crippen LogP) is 3.51. The lowest BCUT2D eigenvalue weighted by molar-refractivity contribution is -0.155. The Kier molecular flexibility index (Phi) is 7.00. The molecule has 2 amide bonds. The van der Waals surface area contributed by atoms with Crippen LogP contribution in [0.2, 0.25) is 0 Å². The van der Waals surface area contributed by atoms with E-state index in [1.165, 1.54) is 6.92 Å². The molecule has 4 atom stereocenters. The van der Waals surface area contributed by atoms with Crippen molar-refractivity contribution in [3.8, 4) is 0 Å². The van der Waals surface area contributed by atoms with E-state index in [1.807, 2.05) is 50.2 Å². The summed E-state index contributed by atoms with van der Waals surface area (Å²) in [6.45, 7) is 5.26. The number of rotatable bonds is 8. The van der Waals surface area contributed by atoms with Crippen molar-refractivity contribution >= 4 is 34.9 Å². The van der Waals surface area contributed by atoms with Crippen molar-refractivity contribution in [1.82, 2.24) is 5.32 Å². The van der Waals surface area contributed by atoms with Crippen LogP contribution < -0.4 is 15.1 Å². The number of hydrogen-bond donors (Lipinski definition) is 1. The molecule has 4 rings (SSSR count).